The zero-order chi connectivity index (χ0) is 27.7. The Bertz CT molecular complexity index is 919. The number of carbonyl (C=O) groups is 1. The smallest absolute Gasteiger partial charge is 0.217 e. The van der Waals surface area contributed by atoms with Crippen molar-refractivity contribution in [3.63, 3.8) is 0 Å². The second-order valence-electron chi connectivity index (χ2n) is 9.13. The zero-order valence-electron chi connectivity index (χ0n) is 21.3. The Balaban J connectivity index is 1.90. The second-order valence-corrected chi connectivity index (χ2v) is 9.13. The van der Waals surface area contributed by atoms with Crippen molar-refractivity contribution in [2.75, 3.05) is 19.8 Å². The van der Waals surface area contributed by atoms with Crippen LogP contribution in [0.5, 0.6) is 0 Å². The predicted molar refractivity (Wildman–Crippen MR) is 130 cm³/mol. The van der Waals surface area contributed by atoms with Gasteiger partial charge in [-0.25, -0.2) is 0 Å². The number of hydrogen-bond donors (Lipinski definition) is 5. The number of nitrogens with zero attached hydrogens (tertiary/aromatic N) is 3. The Kier molecular flexibility index (Phi) is 11.7. The molecule has 0 aliphatic carbocycles. The minimum absolute atomic E-state index is 0.0623. The maximum absolute atomic E-state index is 12.0. The minimum atomic E-state index is -1.71. The summed E-state index contributed by atoms with van der Waals surface area (Å²) in [5, 5.41) is 47.0. The van der Waals surface area contributed by atoms with Gasteiger partial charge in [-0.05, 0) is 17.5 Å². The number of rotatable bonds is 12. The van der Waals surface area contributed by atoms with Gasteiger partial charge in [0, 0.05) is 18.4 Å². The SMILES string of the molecule is CCCO[C@@H]1O[C@H](COCc2ccccc2)[C@@H](O[C@@H]2O[C@H](CO)[C@@H](O)[C@H](O)[C@H]2O)[C@H](N=[N+]=[N-])[C@H]1NC(C)=O. The van der Waals surface area contributed by atoms with E-state index in [4.69, 9.17) is 23.7 Å². The molecule has 0 saturated carbocycles. The highest BCUT2D eigenvalue weighted by Crippen LogP contribution is 2.31. The van der Waals surface area contributed by atoms with Crippen LogP contribution in [-0.4, -0.2) is 107 Å². The van der Waals surface area contributed by atoms with E-state index in [2.05, 4.69) is 15.3 Å². The molecule has 0 spiro atoms. The molecule has 1 aromatic rings. The number of amides is 1. The van der Waals surface area contributed by atoms with E-state index in [-0.39, 0.29) is 13.2 Å². The lowest BCUT2D eigenvalue weighted by atomic mass is 9.93. The molecule has 0 bridgehead atoms. The predicted octanol–water partition coefficient (Wildman–Crippen LogP) is -0.277. The molecule has 2 saturated heterocycles. The first-order valence-electron chi connectivity index (χ1n) is 12.5. The molecule has 2 aliphatic rings. The molecule has 2 heterocycles. The molecule has 14 heteroatoms. The minimum Gasteiger partial charge on any atom is -0.394 e. The van der Waals surface area contributed by atoms with Crippen molar-refractivity contribution >= 4 is 5.91 Å². The highest BCUT2D eigenvalue weighted by atomic mass is 16.7. The van der Waals surface area contributed by atoms with Gasteiger partial charge in [-0.2, -0.15) is 0 Å². The first kappa shape index (κ1) is 30.2. The highest BCUT2D eigenvalue weighted by molar-refractivity contribution is 5.73. The molecule has 0 unspecified atom stereocenters. The third-order valence-corrected chi connectivity index (χ3v) is 6.25. The fraction of sp³-hybridized carbons (Fsp3) is 0.708. The van der Waals surface area contributed by atoms with Crippen LogP contribution in [0.1, 0.15) is 25.8 Å². The lowest BCUT2D eigenvalue weighted by Gasteiger charge is -2.47. The molecular weight excluding hydrogens is 504 g/mol. The summed E-state index contributed by atoms with van der Waals surface area (Å²) in [5.41, 5.74) is 10.3. The van der Waals surface area contributed by atoms with Crippen LogP contribution < -0.4 is 5.32 Å². The van der Waals surface area contributed by atoms with E-state index < -0.39 is 73.8 Å². The molecule has 0 radical (unpaired) electrons. The third kappa shape index (κ3) is 7.61. The van der Waals surface area contributed by atoms with Gasteiger partial charge in [0.15, 0.2) is 12.6 Å². The molecule has 38 heavy (non-hydrogen) atoms. The second kappa shape index (κ2) is 14.7. The van der Waals surface area contributed by atoms with Crippen LogP contribution in [0.15, 0.2) is 35.4 Å². The van der Waals surface area contributed by atoms with Crippen LogP contribution in [-0.2, 0) is 35.1 Å². The van der Waals surface area contributed by atoms with Gasteiger partial charge in [0.2, 0.25) is 5.91 Å². The van der Waals surface area contributed by atoms with Crippen molar-refractivity contribution in [1.29, 1.82) is 0 Å². The van der Waals surface area contributed by atoms with E-state index in [0.717, 1.165) is 5.56 Å². The monoisotopic (exact) mass is 540 g/mol. The van der Waals surface area contributed by atoms with E-state index in [1.807, 2.05) is 37.3 Å². The van der Waals surface area contributed by atoms with Gasteiger partial charge < -0.3 is 49.4 Å². The Morgan fingerprint density at radius 3 is 2.45 bits per heavy atom. The van der Waals surface area contributed by atoms with Gasteiger partial charge in [0.1, 0.15) is 30.5 Å². The zero-order valence-corrected chi connectivity index (χ0v) is 21.3. The molecule has 212 valence electrons. The highest BCUT2D eigenvalue weighted by Gasteiger charge is 2.51. The molecule has 2 aliphatic heterocycles. The largest absolute Gasteiger partial charge is 0.394 e. The lowest BCUT2D eigenvalue weighted by molar-refractivity contribution is -0.338. The molecule has 3 rings (SSSR count). The summed E-state index contributed by atoms with van der Waals surface area (Å²) in [4.78, 5) is 14.9. The summed E-state index contributed by atoms with van der Waals surface area (Å²) in [6, 6.07) is 7.28. The Labute approximate surface area is 220 Å². The molecule has 14 nitrogen and oxygen atoms in total. The molecule has 2 fully saturated rings. The number of ether oxygens (including phenoxy) is 5. The van der Waals surface area contributed by atoms with E-state index >= 15 is 0 Å². The number of benzene rings is 1. The van der Waals surface area contributed by atoms with Gasteiger partial charge in [-0.1, -0.05) is 42.4 Å². The fourth-order valence-electron chi connectivity index (χ4n) is 4.39. The third-order valence-electron chi connectivity index (χ3n) is 6.25. The Hall–Kier alpha value is -2.36. The summed E-state index contributed by atoms with van der Waals surface area (Å²) in [5.74, 6) is -0.438. The van der Waals surface area contributed by atoms with Gasteiger partial charge >= 0.3 is 0 Å². The molecular formula is C24H36N4O10. The number of nitrogens with one attached hydrogen (secondary N) is 1. The van der Waals surface area contributed by atoms with Crippen molar-refractivity contribution < 1.29 is 48.9 Å². The van der Waals surface area contributed by atoms with Gasteiger partial charge in [-0.3, -0.25) is 4.79 Å². The van der Waals surface area contributed by atoms with E-state index in [0.29, 0.717) is 13.0 Å². The number of azide groups is 1. The van der Waals surface area contributed by atoms with Crippen molar-refractivity contribution in [2.45, 2.75) is 88.2 Å². The van der Waals surface area contributed by atoms with E-state index in [1.54, 1.807) is 0 Å². The van der Waals surface area contributed by atoms with Crippen LogP contribution >= 0.6 is 0 Å². The molecule has 10 atom stereocenters. The summed E-state index contributed by atoms with van der Waals surface area (Å²) in [7, 11) is 0. The lowest BCUT2D eigenvalue weighted by Crippen LogP contribution is -2.67. The average molecular weight is 541 g/mol. The molecule has 1 amide bonds. The first-order chi connectivity index (χ1) is 18.3. The number of aliphatic hydroxyl groups is 4. The summed E-state index contributed by atoms with van der Waals surface area (Å²) < 4.78 is 29.3. The standard InChI is InChI=1S/C24H36N4O10/c1-3-9-35-23-18(26-13(2)30)17(27-28-25)22(16(37-23)12-34-11-14-7-5-4-6-8-14)38-24-21(33)20(32)19(31)15(10-29)36-24/h4-8,15-24,29,31-33H,3,9-12H2,1-2H3,(H,26,30)/t15-,16-,17-,18-,19-,20+,21-,22-,23-,24+/m1/s1. The molecule has 1 aromatic carbocycles. The quantitative estimate of drug-likeness (QED) is 0.133. The number of hydrogen-bond acceptors (Lipinski definition) is 11. The van der Waals surface area contributed by atoms with Gasteiger partial charge in [0.05, 0.1) is 38.0 Å². The Morgan fingerprint density at radius 2 is 1.82 bits per heavy atom. The number of carbonyl (C=O) groups excluding carboxylic acids is 1. The average Bonchev–Trinajstić information content (AvgIpc) is 2.91. The normalized spacial score (nSPS) is 35.3. The van der Waals surface area contributed by atoms with Crippen LogP contribution in [0.4, 0.5) is 0 Å². The van der Waals surface area contributed by atoms with Crippen molar-refractivity contribution in [2.24, 2.45) is 5.11 Å². The van der Waals surface area contributed by atoms with Gasteiger partial charge in [0.25, 0.3) is 0 Å². The molecule has 0 aromatic heterocycles. The van der Waals surface area contributed by atoms with Crippen molar-refractivity contribution in [1.82, 2.24) is 5.32 Å². The van der Waals surface area contributed by atoms with Crippen molar-refractivity contribution in [3.05, 3.63) is 46.3 Å². The van der Waals surface area contributed by atoms with Gasteiger partial charge in [-0.15, -0.1) is 0 Å². The summed E-state index contributed by atoms with van der Waals surface area (Å²) in [6.45, 7) is 2.98. The van der Waals surface area contributed by atoms with Crippen LogP contribution in [0.2, 0.25) is 0 Å². The van der Waals surface area contributed by atoms with E-state index in [9.17, 15) is 30.8 Å². The van der Waals surface area contributed by atoms with Crippen LogP contribution in [0.3, 0.4) is 0 Å². The maximum atomic E-state index is 12.0. The van der Waals surface area contributed by atoms with Crippen LogP contribution in [0, 0.1) is 0 Å². The number of aliphatic hydroxyl groups excluding tert-OH is 4. The molecule has 5 N–H and O–H groups in total. The summed E-state index contributed by atoms with van der Waals surface area (Å²) in [6.07, 6.45) is -10.2. The van der Waals surface area contributed by atoms with E-state index in [1.165, 1.54) is 6.92 Å². The van der Waals surface area contributed by atoms with Crippen LogP contribution in [0.25, 0.3) is 10.4 Å². The first-order valence-corrected chi connectivity index (χ1v) is 12.5. The Morgan fingerprint density at radius 1 is 1.11 bits per heavy atom. The maximum Gasteiger partial charge on any atom is 0.217 e. The fourth-order valence-corrected chi connectivity index (χ4v) is 4.39. The topological polar surface area (TPSA) is 205 Å². The summed E-state index contributed by atoms with van der Waals surface area (Å²) >= 11 is 0. The van der Waals surface area contributed by atoms with Crippen molar-refractivity contribution in [3.8, 4) is 0 Å².